The lowest BCUT2D eigenvalue weighted by atomic mass is 10.3. The van der Waals surface area contributed by atoms with Crippen molar-refractivity contribution in [3.05, 3.63) is 17.3 Å². The number of nitrogen functional groups attached to an aromatic ring is 1. The average molecular weight is 306 g/mol. The maximum absolute atomic E-state index is 12.1. The monoisotopic (exact) mass is 306 g/mol. The van der Waals surface area contributed by atoms with Crippen molar-refractivity contribution in [3.63, 3.8) is 0 Å². The van der Waals surface area contributed by atoms with Crippen LogP contribution in [-0.4, -0.2) is 35.6 Å². The summed E-state index contributed by atoms with van der Waals surface area (Å²) >= 11 is 1.27. The zero-order valence-corrected chi connectivity index (χ0v) is 12.5. The molecule has 0 unspecified atom stereocenters. The Kier molecular flexibility index (Phi) is 4.31. The number of carbonyl (C=O) groups excluding carboxylic acids is 1. The highest BCUT2D eigenvalue weighted by Crippen LogP contribution is 2.30. The molecule has 6 nitrogen and oxygen atoms in total. The van der Waals surface area contributed by atoms with Crippen LogP contribution in [0.5, 0.6) is 0 Å². The molecule has 21 heavy (non-hydrogen) atoms. The molecular weight excluding hydrogens is 288 g/mol. The molecule has 2 aromatic heterocycles. The SMILES string of the molecule is Nc1c(C(=O)NCCCOCC2CC2)sc2nccnc12. The van der Waals surface area contributed by atoms with E-state index < -0.39 is 0 Å². The molecule has 0 spiro atoms. The van der Waals surface area contributed by atoms with Gasteiger partial charge in [0.1, 0.15) is 15.2 Å². The predicted molar refractivity (Wildman–Crippen MR) is 82.3 cm³/mol. The lowest BCUT2D eigenvalue weighted by molar-refractivity contribution is 0.0942. The van der Waals surface area contributed by atoms with Crippen LogP contribution in [0.3, 0.4) is 0 Å². The van der Waals surface area contributed by atoms with Gasteiger partial charge in [0.05, 0.1) is 5.69 Å². The largest absolute Gasteiger partial charge is 0.396 e. The summed E-state index contributed by atoms with van der Waals surface area (Å²) in [5.74, 6) is 0.609. The minimum atomic E-state index is -0.167. The second-order valence-electron chi connectivity index (χ2n) is 5.18. The molecule has 112 valence electrons. The van der Waals surface area contributed by atoms with Crippen LogP contribution < -0.4 is 11.1 Å². The Balaban J connectivity index is 1.48. The number of amides is 1. The summed E-state index contributed by atoms with van der Waals surface area (Å²) in [4.78, 5) is 21.6. The van der Waals surface area contributed by atoms with E-state index in [1.165, 1.54) is 24.2 Å². The first-order valence-corrected chi connectivity index (χ1v) is 7.92. The zero-order chi connectivity index (χ0) is 14.7. The number of carbonyl (C=O) groups is 1. The third-order valence-electron chi connectivity index (χ3n) is 3.37. The van der Waals surface area contributed by atoms with E-state index >= 15 is 0 Å². The molecule has 1 aliphatic carbocycles. The van der Waals surface area contributed by atoms with Crippen LogP contribution in [0.1, 0.15) is 28.9 Å². The molecule has 2 aromatic rings. The van der Waals surface area contributed by atoms with Crippen molar-refractivity contribution in [2.45, 2.75) is 19.3 Å². The molecule has 1 aliphatic rings. The number of nitrogens with two attached hydrogens (primary N) is 1. The van der Waals surface area contributed by atoms with Gasteiger partial charge in [-0.3, -0.25) is 4.79 Å². The Labute approximate surface area is 126 Å². The predicted octanol–water partition coefficient (Wildman–Crippen LogP) is 1.82. The first-order valence-electron chi connectivity index (χ1n) is 7.10. The number of rotatable bonds is 7. The van der Waals surface area contributed by atoms with Crippen molar-refractivity contribution >= 4 is 33.3 Å². The average Bonchev–Trinajstić information content (AvgIpc) is 3.26. The Morgan fingerprint density at radius 1 is 1.43 bits per heavy atom. The topological polar surface area (TPSA) is 90.1 Å². The highest BCUT2D eigenvalue weighted by Gasteiger charge is 2.21. The second-order valence-corrected chi connectivity index (χ2v) is 6.18. The molecule has 3 N–H and O–H groups in total. The maximum atomic E-state index is 12.1. The maximum Gasteiger partial charge on any atom is 0.263 e. The van der Waals surface area contributed by atoms with Crippen molar-refractivity contribution in [2.75, 3.05) is 25.5 Å². The number of fused-ring (bicyclic) bond motifs is 1. The van der Waals surface area contributed by atoms with Crippen LogP contribution in [0, 0.1) is 5.92 Å². The highest BCUT2D eigenvalue weighted by molar-refractivity contribution is 7.21. The van der Waals surface area contributed by atoms with Gasteiger partial charge in [-0.2, -0.15) is 0 Å². The Hall–Kier alpha value is -1.73. The number of thiophene rings is 1. The zero-order valence-electron chi connectivity index (χ0n) is 11.7. The molecule has 1 fully saturated rings. The fraction of sp³-hybridized carbons (Fsp3) is 0.500. The van der Waals surface area contributed by atoms with Crippen molar-refractivity contribution in [3.8, 4) is 0 Å². The molecule has 0 saturated heterocycles. The summed E-state index contributed by atoms with van der Waals surface area (Å²) < 4.78 is 5.52. The van der Waals surface area contributed by atoms with E-state index in [0.717, 1.165) is 18.9 Å². The number of nitrogens with one attached hydrogen (secondary N) is 1. The van der Waals surface area contributed by atoms with Crippen LogP contribution in [0.15, 0.2) is 12.4 Å². The van der Waals surface area contributed by atoms with Crippen molar-refractivity contribution < 1.29 is 9.53 Å². The molecule has 2 heterocycles. The summed E-state index contributed by atoms with van der Waals surface area (Å²) in [5.41, 5.74) is 6.96. The number of hydrogen-bond acceptors (Lipinski definition) is 6. The lowest BCUT2D eigenvalue weighted by Gasteiger charge is -2.05. The molecule has 0 aliphatic heterocycles. The molecule has 7 heteroatoms. The molecule has 0 aromatic carbocycles. The first-order chi connectivity index (χ1) is 10.3. The van der Waals surface area contributed by atoms with Crippen molar-refractivity contribution in [1.82, 2.24) is 15.3 Å². The van der Waals surface area contributed by atoms with E-state index in [4.69, 9.17) is 10.5 Å². The number of aromatic nitrogens is 2. The molecule has 1 saturated carbocycles. The number of hydrogen-bond donors (Lipinski definition) is 2. The van der Waals surface area contributed by atoms with Crippen LogP contribution in [0.4, 0.5) is 5.69 Å². The smallest absolute Gasteiger partial charge is 0.263 e. The van der Waals surface area contributed by atoms with E-state index in [1.807, 2.05) is 0 Å². The summed E-state index contributed by atoms with van der Waals surface area (Å²) in [5, 5.41) is 2.86. The van der Waals surface area contributed by atoms with Gasteiger partial charge in [-0.25, -0.2) is 9.97 Å². The van der Waals surface area contributed by atoms with Gasteiger partial charge in [0.15, 0.2) is 0 Å². The number of anilines is 1. The third-order valence-corrected chi connectivity index (χ3v) is 4.47. The van der Waals surface area contributed by atoms with Crippen molar-refractivity contribution in [1.29, 1.82) is 0 Å². The molecule has 0 atom stereocenters. The lowest BCUT2D eigenvalue weighted by Crippen LogP contribution is -2.25. The fourth-order valence-electron chi connectivity index (χ4n) is 2.00. The Bertz CT molecular complexity index is 639. The van der Waals surface area contributed by atoms with Gasteiger partial charge in [-0.05, 0) is 25.2 Å². The van der Waals surface area contributed by atoms with Crippen LogP contribution in [0.25, 0.3) is 10.3 Å². The van der Waals surface area contributed by atoms with Gasteiger partial charge in [0.2, 0.25) is 0 Å². The van der Waals surface area contributed by atoms with Crippen LogP contribution >= 0.6 is 11.3 Å². The van der Waals surface area contributed by atoms with Gasteiger partial charge in [0, 0.05) is 32.2 Å². The summed E-state index contributed by atoms with van der Waals surface area (Å²) in [6, 6.07) is 0. The Morgan fingerprint density at radius 3 is 3.00 bits per heavy atom. The standard InChI is InChI=1S/C14H18N4O2S/c15-10-11-14(18-6-5-16-11)21-12(10)13(19)17-4-1-7-20-8-9-2-3-9/h5-6,9H,1-4,7-8,15H2,(H,17,19). The van der Waals surface area contributed by atoms with E-state index in [9.17, 15) is 4.79 Å². The summed E-state index contributed by atoms with van der Waals surface area (Å²) in [6.45, 7) is 2.12. The summed E-state index contributed by atoms with van der Waals surface area (Å²) in [7, 11) is 0. The van der Waals surface area contributed by atoms with Gasteiger partial charge in [-0.15, -0.1) is 11.3 Å². The first kappa shape index (κ1) is 14.2. The van der Waals surface area contributed by atoms with Gasteiger partial charge < -0.3 is 15.8 Å². The number of nitrogens with zero attached hydrogens (tertiary/aromatic N) is 2. The summed E-state index contributed by atoms with van der Waals surface area (Å²) in [6.07, 6.45) is 6.56. The Morgan fingerprint density at radius 2 is 2.24 bits per heavy atom. The molecule has 1 amide bonds. The highest BCUT2D eigenvalue weighted by atomic mass is 32.1. The van der Waals surface area contributed by atoms with Gasteiger partial charge in [0.25, 0.3) is 5.91 Å². The minimum Gasteiger partial charge on any atom is -0.396 e. The fourth-order valence-corrected chi connectivity index (χ4v) is 2.94. The second kappa shape index (κ2) is 6.36. The van der Waals surface area contributed by atoms with Crippen LogP contribution in [-0.2, 0) is 4.74 Å². The van der Waals surface area contributed by atoms with E-state index in [1.54, 1.807) is 12.4 Å². The molecule has 3 rings (SSSR count). The van der Waals surface area contributed by atoms with E-state index in [-0.39, 0.29) is 5.91 Å². The van der Waals surface area contributed by atoms with E-state index in [0.29, 0.717) is 34.1 Å². The minimum absolute atomic E-state index is 0.167. The quantitative estimate of drug-likeness (QED) is 0.762. The van der Waals surface area contributed by atoms with E-state index in [2.05, 4.69) is 15.3 Å². The molecular formula is C14H18N4O2S. The molecule has 0 bridgehead atoms. The number of ether oxygens (including phenoxy) is 1. The molecule has 0 radical (unpaired) electrons. The third kappa shape index (κ3) is 3.48. The van der Waals surface area contributed by atoms with Gasteiger partial charge in [-0.1, -0.05) is 0 Å². The van der Waals surface area contributed by atoms with Gasteiger partial charge >= 0.3 is 0 Å². The van der Waals surface area contributed by atoms with Crippen molar-refractivity contribution in [2.24, 2.45) is 5.92 Å². The normalized spacial score (nSPS) is 14.5. The van der Waals surface area contributed by atoms with Crippen LogP contribution in [0.2, 0.25) is 0 Å².